The van der Waals surface area contributed by atoms with Crippen LogP contribution in [0, 0.1) is 13.8 Å². The minimum atomic E-state index is 0.538. The maximum Gasteiger partial charge on any atom is 0.0299 e. The van der Waals surface area contributed by atoms with Crippen molar-refractivity contribution in [3.8, 4) is 0 Å². The predicted octanol–water partition coefficient (Wildman–Crippen LogP) is 2.48. The molecule has 1 aromatic rings. The molecule has 0 amide bonds. The van der Waals surface area contributed by atoms with Gasteiger partial charge in [0.2, 0.25) is 0 Å². The maximum atomic E-state index is 8.08. The smallest absolute Gasteiger partial charge is 0.0299 e. The predicted molar refractivity (Wildman–Crippen MR) is 48.0 cm³/mol. The van der Waals surface area contributed by atoms with Gasteiger partial charge in [-0.3, -0.25) is 0 Å². The third-order valence-corrected chi connectivity index (χ3v) is 1.96. The van der Waals surface area contributed by atoms with Gasteiger partial charge < -0.3 is 4.98 Å². The van der Waals surface area contributed by atoms with Crippen LogP contribution in [0.1, 0.15) is 16.8 Å². The minimum absolute atomic E-state index is 0.538. The highest BCUT2D eigenvalue weighted by Gasteiger charge is 2.02. The van der Waals surface area contributed by atoms with E-state index in [1.54, 1.807) is 0 Å². The van der Waals surface area contributed by atoms with Crippen molar-refractivity contribution in [1.29, 1.82) is 0 Å². The average Bonchev–Trinajstić information content (AvgIpc) is 2.35. The van der Waals surface area contributed by atoms with Crippen LogP contribution in [0.4, 0.5) is 0 Å². The Morgan fingerprint density at radius 3 is 2.83 bits per heavy atom. The van der Waals surface area contributed by atoms with Crippen molar-refractivity contribution in [2.75, 3.05) is 6.54 Å². The molecule has 4 heteroatoms. The second-order valence-electron chi connectivity index (χ2n) is 2.78. The summed E-state index contributed by atoms with van der Waals surface area (Å²) in [6.07, 6.45) is 2.80. The highest BCUT2D eigenvalue weighted by atomic mass is 15.1. The molecular formula is C8H12N4. The van der Waals surface area contributed by atoms with Crippen LogP contribution in [0.25, 0.3) is 10.4 Å². The molecule has 1 aromatic heterocycles. The monoisotopic (exact) mass is 164 g/mol. The number of aryl methyl sites for hydroxylation is 2. The van der Waals surface area contributed by atoms with Gasteiger partial charge in [-0.1, -0.05) is 5.11 Å². The van der Waals surface area contributed by atoms with Crippen LogP contribution in [0.5, 0.6) is 0 Å². The van der Waals surface area contributed by atoms with Crippen molar-refractivity contribution >= 4 is 0 Å². The first-order valence-corrected chi connectivity index (χ1v) is 3.90. The van der Waals surface area contributed by atoms with Crippen LogP contribution in [0.3, 0.4) is 0 Å². The Hall–Kier alpha value is -1.41. The second kappa shape index (κ2) is 3.83. The van der Waals surface area contributed by atoms with Crippen molar-refractivity contribution in [2.45, 2.75) is 20.3 Å². The molecule has 0 radical (unpaired) electrons. The highest BCUT2D eigenvalue weighted by Crippen LogP contribution is 2.12. The summed E-state index contributed by atoms with van der Waals surface area (Å²) in [5.41, 5.74) is 11.8. The fraction of sp³-hybridized carbons (Fsp3) is 0.500. The normalized spacial score (nSPS) is 9.50. The molecule has 0 spiro atoms. The molecule has 0 fully saturated rings. The molecule has 0 bridgehead atoms. The third-order valence-electron chi connectivity index (χ3n) is 1.96. The fourth-order valence-corrected chi connectivity index (χ4v) is 1.28. The summed E-state index contributed by atoms with van der Waals surface area (Å²) in [5.74, 6) is 0. The number of aromatic nitrogens is 1. The van der Waals surface area contributed by atoms with Gasteiger partial charge in [-0.05, 0) is 36.9 Å². The first-order chi connectivity index (χ1) is 5.75. The molecule has 12 heavy (non-hydrogen) atoms. The topological polar surface area (TPSA) is 64.5 Å². The number of aromatic amines is 1. The van der Waals surface area contributed by atoms with E-state index in [0.29, 0.717) is 6.54 Å². The third kappa shape index (κ3) is 1.80. The summed E-state index contributed by atoms with van der Waals surface area (Å²) >= 11 is 0. The van der Waals surface area contributed by atoms with E-state index in [-0.39, 0.29) is 0 Å². The van der Waals surface area contributed by atoms with Gasteiger partial charge in [-0.2, -0.15) is 0 Å². The van der Waals surface area contributed by atoms with E-state index >= 15 is 0 Å². The van der Waals surface area contributed by atoms with E-state index in [4.69, 9.17) is 5.53 Å². The summed E-state index contributed by atoms with van der Waals surface area (Å²) in [7, 11) is 0. The number of nitrogens with one attached hydrogen (secondary N) is 1. The van der Waals surface area contributed by atoms with E-state index in [2.05, 4.69) is 21.9 Å². The second-order valence-corrected chi connectivity index (χ2v) is 2.78. The Morgan fingerprint density at radius 1 is 1.58 bits per heavy atom. The highest BCUT2D eigenvalue weighted by molar-refractivity contribution is 5.29. The number of hydrogen-bond acceptors (Lipinski definition) is 1. The fourth-order valence-electron chi connectivity index (χ4n) is 1.28. The molecule has 0 aliphatic rings. The Balaban J connectivity index is 2.67. The molecule has 4 nitrogen and oxygen atoms in total. The Kier molecular flexibility index (Phi) is 2.77. The van der Waals surface area contributed by atoms with Gasteiger partial charge in [0.05, 0.1) is 0 Å². The van der Waals surface area contributed by atoms with Gasteiger partial charge in [0.25, 0.3) is 0 Å². The Bertz CT molecular complexity index is 287. The van der Waals surface area contributed by atoms with E-state index in [1.165, 1.54) is 16.8 Å². The number of nitrogens with zero attached hydrogens (tertiary/aromatic N) is 3. The Morgan fingerprint density at radius 2 is 2.33 bits per heavy atom. The summed E-state index contributed by atoms with van der Waals surface area (Å²) < 4.78 is 0. The van der Waals surface area contributed by atoms with Crippen molar-refractivity contribution in [2.24, 2.45) is 5.11 Å². The summed E-state index contributed by atoms with van der Waals surface area (Å²) in [6.45, 7) is 4.61. The van der Waals surface area contributed by atoms with Crippen LogP contribution in [-0.2, 0) is 6.42 Å². The number of H-pyrrole nitrogens is 1. The minimum Gasteiger partial charge on any atom is -0.365 e. The number of hydrogen-bond donors (Lipinski definition) is 1. The van der Waals surface area contributed by atoms with Crippen LogP contribution >= 0.6 is 0 Å². The summed E-state index contributed by atoms with van der Waals surface area (Å²) in [6, 6.07) is 0. The molecule has 0 saturated carbocycles. The molecule has 1 heterocycles. The van der Waals surface area contributed by atoms with Crippen LogP contribution in [0.15, 0.2) is 11.3 Å². The van der Waals surface area contributed by atoms with E-state index in [0.717, 1.165) is 6.42 Å². The van der Waals surface area contributed by atoms with Gasteiger partial charge in [0.15, 0.2) is 0 Å². The molecule has 1 N–H and O–H groups in total. The maximum absolute atomic E-state index is 8.08. The molecule has 64 valence electrons. The van der Waals surface area contributed by atoms with E-state index in [1.807, 2.05) is 13.1 Å². The standard InChI is InChI=1S/C8H12N4/c1-6-5-10-7(2)8(6)3-4-11-12-9/h5,10H,3-4H2,1-2H3. The molecule has 0 atom stereocenters. The lowest BCUT2D eigenvalue weighted by Crippen LogP contribution is -1.91. The van der Waals surface area contributed by atoms with Gasteiger partial charge in [0.1, 0.15) is 0 Å². The SMILES string of the molecule is Cc1c[nH]c(C)c1CCN=[N+]=[N-]. The molecule has 0 aromatic carbocycles. The molecule has 0 unspecified atom stereocenters. The molecule has 0 saturated heterocycles. The van der Waals surface area contributed by atoms with E-state index in [9.17, 15) is 0 Å². The molecule has 0 aliphatic heterocycles. The lowest BCUT2D eigenvalue weighted by atomic mass is 10.1. The van der Waals surface area contributed by atoms with Gasteiger partial charge >= 0.3 is 0 Å². The molecular weight excluding hydrogens is 152 g/mol. The van der Waals surface area contributed by atoms with E-state index < -0.39 is 0 Å². The average molecular weight is 164 g/mol. The van der Waals surface area contributed by atoms with Crippen LogP contribution < -0.4 is 0 Å². The van der Waals surface area contributed by atoms with Crippen molar-refractivity contribution < 1.29 is 0 Å². The van der Waals surface area contributed by atoms with Gasteiger partial charge in [-0.15, -0.1) is 0 Å². The zero-order chi connectivity index (χ0) is 8.97. The Labute approximate surface area is 71.2 Å². The lowest BCUT2D eigenvalue weighted by Gasteiger charge is -1.97. The van der Waals surface area contributed by atoms with Crippen molar-refractivity contribution in [1.82, 2.24) is 4.98 Å². The van der Waals surface area contributed by atoms with Crippen LogP contribution in [0.2, 0.25) is 0 Å². The number of azide groups is 1. The zero-order valence-electron chi connectivity index (χ0n) is 7.33. The van der Waals surface area contributed by atoms with Gasteiger partial charge in [0, 0.05) is 23.3 Å². The number of rotatable bonds is 3. The van der Waals surface area contributed by atoms with Crippen molar-refractivity contribution in [3.05, 3.63) is 33.5 Å². The lowest BCUT2D eigenvalue weighted by molar-refractivity contribution is 0.939. The summed E-state index contributed by atoms with van der Waals surface area (Å²) in [4.78, 5) is 5.84. The zero-order valence-corrected chi connectivity index (χ0v) is 7.33. The van der Waals surface area contributed by atoms with Gasteiger partial charge in [-0.25, -0.2) is 0 Å². The summed E-state index contributed by atoms with van der Waals surface area (Å²) in [5, 5.41) is 3.50. The largest absolute Gasteiger partial charge is 0.365 e. The quantitative estimate of drug-likeness (QED) is 0.405. The molecule has 1 rings (SSSR count). The first-order valence-electron chi connectivity index (χ1n) is 3.90. The van der Waals surface area contributed by atoms with Crippen molar-refractivity contribution in [3.63, 3.8) is 0 Å². The molecule has 0 aliphatic carbocycles. The van der Waals surface area contributed by atoms with Crippen LogP contribution in [-0.4, -0.2) is 11.5 Å². The first kappa shape index (κ1) is 8.68.